The number of fused-ring (bicyclic) bond motifs is 1. The lowest BCUT2D eigenvalue weighted by molar-refractivity contribution is -0.130. The molecule has 0 aliphatic rings. The van der Waals surface area contributed by atoms with Crippen LogP contribution >= 0.6 is 12.6 Å². The Morgan fingerprint density at radius 1 is 0.759 bits per heavy atom. The van der Waals surface area contributed by atoms with Crippen LogP contribution in [-0.4, -0.2) is 57.2 Å². The number of thiol groups is 1. The van der Waals surface area contributed by atoms with Gasteiger partial charge in [0.1, 0.15) is 18.7 Å². The van der Waals surface area contributed by atoms with E-state index in [1.165, 1.54) is 6.33 Å². The maximum absolute atomic E-state index is 14.2. The molecule has 0 saturated carbocycles. The van der Waals surface area contributed by atoms with Gasteiger partial charge in [0.25, 0.3) is 0 Å². The van der Waals surface area contributed by atoms with Crippen molar-refractivity contribution >= 4 is 47.2 Å². The highest BCUT2D eigenvalue weighted by Crippen LogP contribution is 2.21. The lowest BCUT2D eigenvalue weighted by Gasteiger charge is -2.29. The van der Waals surface area contributed by atoms with Crippen molar-refractivity contribution in [2.45, 2.75) is 76.1 Å². The summed E-state index contributed by atoms with van der Waals surface area (Å²) in [5.74, 6) is -1.05. The Labute approximate surface area is 321 Å². The summed E-state index contributed by atoms with van der Waals surface area (Å²) in [6.45, 7) is 4.45. The average Bonchev–Trinajstić information content (AvgIpc) is 3.69. The highest BCUT2D eigenvalue weighted by Gasteiger charge is 2.31. The summed E-state index contributed by atoms with van der Waals surface area (Å²) in [6, 6.07) is 29.8. The van der Waals surface area contributed by atoms with E-state index in [1.807, 2.05) is 117 Å². The zero-order chi connectivity index (χ0) is 38.3. The van der Waals surface area contributed by atoms with Crippen molar-refractivity contribution in [1.29, 1.82) is 0 Å². The number of aromatic amines is 1. The molecule has 11 nitrogen and oxygen atoms in total. The van der Waals surface area contributed by atoms with Gasteiger partial charge in [-0.05, 0) is 39.8 Å². The number of ether oxygens (including phenoxy) is 1. The first-order valence-corrected chi connectivity index (χ1v) is 18.7. The molecule has 12 heteroatoms. The Morgan fingerprint density at radius 2 is 1.41 bits per heavy atom. The third-order valence-electron chi connectivity index (χ3n) is 8.97. The van der Waals surface area contributed by atoms with Crippen LogP contribution in [-0.2, 0) is 45.1 Å². The van der Waals surface area contributed by atoms with Gasteiger partial charge in [0.05, 0.1) is 12.0 Å². The summed E-state index contributed by atoms with van der Waals surface area (Å²) in [6.07, 6.45) is 3.22. The summed E-state index contributed by atoms with van der Waals surface area (Å²) in [4.78, 5) is 61.6. The van der Waals surface area contributed by atoms with Crippen LogP contribution in [0.2, 0.25) is 0 Å². The maximum Gasteiger partial charge on any atom is 0.408 e. The molecule has 54 heavy (non-hydrogen) atoms. The minimum Gasteiger partial charge on any atom is -0.445 e. The van der Waals surface area contributed by atoms with Gasteiger partial charge in [-0.3, -0.25) is 14.4 Å². The molecule has 1 aromatic heterocycles. The number of H-pyrrole nitrogens is 1. The number of imidazole rings is 1. The van der Waals surface area contributed by atoms with Crippen LogP contribution in [0.4, 0.5) is 4.79 Å². The molecule has 0 fully saturated rings. The number of carbonyl (C=O) groups excluding carboxylic acids is 4. The number of alkyl carbamates (subject to hydrolysis) is 1. The molecule has 0 bridgehead atoms. The average molecular weight is 749 g/mol. The summed E-state index contributed by atoms with van der Waals surface area (Å²) >= 11 is 4.78. The van der Waals surface area contributed by atoms with Gasteiger partial charge in [-0.15, -0.1) is 0 Å². The maximum atomic E-state index is 14.2. The van der Waals surface area contributed by atoms with E-state index in [-0.39, 0.29) is 37.7 Å². The largest absolute Gasteiger partial charge is 0.445 e. The smallest absolute Gasteiger partial charge is 0.408 e. The van der Waals surface area contributed by atoms with Gasteiger partial charge in [-0.2, -0.15) is 12.6 Å². The number of hydrogen-bond acceptors (Lipinski definition) is 7. The summed E-state index contributed by atoms with van der Waals surface area (Å²) in [7, 11) is 0. The normalized spacial score (nSPS) is 13.3. The van der Waals surface area contributed by atoms with E-state index < -0.39 is 41.3 Å². The standard InChI is InChI=1S/C42H48N6O5S/c1-28(2)20-35(38(54)23-39(49)44-24-29-12-5-3-6-13-29)46-41(51)37(22-33-25-43-27-45-33)47-40(50)36(48-42(52)53-26-30-14-7-4-8-15-30)21-32-18-11-17-31-16-9-10-19-34(31)32/h3-19,25,27-28,35-38,54H,20-24,26H2,1-2H3,(H,43,45)(H,44,49)(H,46,51)(H,47,50)(H,48,52)/t35-,36-,37-,38-/m0/s1. The molecule has 4 aromatic carbocycles. The third-order valence-corrected chi connectivity index (χ3v) is 9.51. The second-order valence-electron chi connectivity index (χ2n) is 13.7. The predicted octanol–water partition coefficient (Wildman–Crippen LogP) is 5.66. The van der Waals surface area contributed by atoms with Crippen LogP contribution in [0.3, 0.4) is 0 Å². The molecule has 282 valence electrons. The second kappa shape index (κ2) is 20.0. The molecular weight excluding hydrogens is 701 g/mol. The number of rotatable bonds is 18. The number of nitrogens with zero attached hydrogens (tertiary/aromatic N) is 1. The molecule has 5 N–H and O–H groups in total. The van der Waals surface area contributed by atoms with Crippen molar-refractivity contribution in [2.24, 2.45) is 5.92 Å². The molecule has 1 heterocycles. The number of hydrogen-bond donors (Lipinski definition) is 6. The number of amides is 4. The molecule has 0 unspecified atom stereocenters. The summed E-state index contributed by atoms with van der Waals surface area (Å²) in [5, 5.41) is 13.1. The van der Waals surface area contributed by atoms with E-state index in [0.717, 1.165) is 27.5 Å². The van der Waals surface area contributed by atoms with Gasteiger partial charge in [-0.25, -0.2) is 9.78 Å². The molecule has 0 aliphatic heterocycles. The lowest BCUT2D eigenvalue weighted by Crippen LogP contribution is -2.57. The summed E-state index contributed by atoms with van der Waals surface area (Å²) in [5.41, 5.74) is 3.17. The molecule has 4 amide bonds. The Balaban J connectivity index is 1.32. The van der Waals surface area contributed by atoms with Gasteiger partial charge in [0.2, 0.25) is 17.7 Å². The fraction of sp³-hybridized carbons (Fsp3) is 0.310. The van der Waals surface area contributed by atoms with Crippen molar-refractivity contribution in [3.8, 4) is 0 Å². The lowest BCUT2D eigenvalue weighted by atomic mass is 9.97. The van der Waals surface area contributed by atoms with Gasteiger partial charge in [0, 0.05) is 43.3 Å². The quantitative estimate of drug-likeness (QED) is 0.0636. The van der Waals surface area contributed by atoms with E-state index in [2.05, 4.69) is 31.2 Å². The van der Waals surface area contributed by atoms with Crippen molar-refractivity contribution in [2.75, 3.05) is 0 Å². The van der Waals surface area contributed by atoms with E-state index >= 15 is 0 Å². The third kappa shape index (κ3) is 12.2. The van der Waals surface area contributed by atoms with Crippen LogP contribution in [0, 0.1) is 5.92 Å². The van der Waals surface area contributed by atoms with Crippen molar-refractivity contribution in [1.82, 2.24) is 31.2 Å². The molecule has 4 atom stereocenters. The molecule has 0 radical (unpaired) electrons. The zero-order valence-corrected chi connectivity index (χ0v) is 31.4. The van der Waals surface area contributed by atoms with E-state index in [4.69, 9.17) is 17.4 Å². The number of aromatic nitrogens is 2. The van der Waals surface area contributed by atoms with Crippen LogP contribution in [0.25, 0.3) is 10.8 Å². The number of nitrogens with one attached hydrogen (secondary N) is 5. The molecule has 0 saturated heterocycles. The van der Waals surface area contributed by atoms with Crippen molar-refractivity contribution in [3.63, 3.8) is 0 Å². The fourth-order valence-electron chi connectivity index (χ4n) is 6.20. The van der Waals surface area contributed by atoms with Crippen LogP contribution < -0.4 is 21.3 Å². The first-order valence-electron chi connectivity index (χ1n) is 18.2. The Bertz CT molecular complexity index is 1950. The van der Waals surface area contributed by atoms with Crippen LogP contribution in [0.15, 0.2) is 116 Å². The van der Waals surface area contributed by atoms with Gasteiger partial charge in [-0.1, -0.05) is 117 Å². The first-order chi connectivity index (χ1) is 26.1. The molecule has 0 spiro atoms. The van der Waals surface area contributed by atoms with Gasteiger partial charge < -0.3 is 31.0 Å². The monoisotopic (exact) mass is 748 g/mol. The molecule has 5 rings (SSSR count). The predicted molar refractivity (Wildman–Crippen MR) is 212 cm³/mol. The zero-order valence-electron chi connectivity index (χ0n) is 30.5. The topological polar surface area (TPSA) is 154 Å². The molecule has 0 aliphatic carbocycles. The Kier molecular flexibility index (Phi) is 14.7. The SMILES string of the molecule is CC(C)C[C@H](NC(=O)[C@H](Cc1c[nH]cn1)NC(=O)[C@H](Cc1cccc2ccccc12)NC(=O)OCc1ccccc1)[C@@H](S)CC(=O)NCc1ccccc1. The second-order valence-corrected chi connectivity index (χ2v) is 14.4. The Hall–Kier alpha value is -5.62. The fourth-order valence-corrected chi connectivity index (χ4v) is 6.57. The van der Waals surface area contributed by atoms with Crippen molar-refractivity contribution in [3.05, 3.63) is 138 Å². The van der Waals surface area contributed by atoms with Gasteiger partial charge >= 0.3 is 6.09 Å². The highest BCUT2D eigenvalue weighted by atomic mass is 32.1. The van der Waals surface area contributed by atoms with E-state index in [0.29, 0.717) is 18.7 Å². The van der Waals surface area contributed by atoms with Crippen LogP contribution in [0.1, 0.15) is 49.1 Å². The minimum atomic E-state index is -1.09. The van der Waals surface area contributed by atoms with Crippen molar-refractivity contribution < 1.29 is 23.9 Å². The highest BCUT2D eigenvalue weighted by molar-refractivity contribution is 7.81. The first kappa shape index (κ1) is 39.6. The van der Waals surface area contributed by atoms with Gasteiger partial charge in [0.15, 0.2) is 0 Å². The van der Waals surface area contributed by atoms with E-state index in [9.17, 15) is 19.2 Å². The molecule has 5 aromatic rings. The Morgan fingerprint density at radius 3 is 2.11 bits per heavy atom. The summed E-state index contributed by atoms with van der Waals surface area (Å²) < 4.78 is 5.50. The molecular formula is C42H48N6O5S. The number of carbonyl (C=O) groups is 4. The minimum absolute atomic E-state index is 0.0197. The van der Waals surface area contributed by atoms with E-state index in [1.54, 1.807) is 6.20 Å². The number of benzene rings is 4. The van der Waals surface area contributed by atoms with Crippen LogP contribution in [0.5, 0.6) is 0 Å².